The van der Waals surface area contributed by atoms with Gasteiger partial charge in [-0.3, -0.25) is 0 Å². The van der Waals surface area contributed by atoms with Gasteiger partial charge in [-0.05, 0) is 24.3 Å². The molecule has 0 aliphatic rings. The predicted octanol–water partition coefficient (Wildman–Crippen LogP) is 4.61. The van der Waals surface area contributed by atoms with Crippen molar-refractivity contribution in [1.29, 1.82) is 0 Å². The third kappa shape index (κ3) is 5.45. The van der Waals surface area contributed by atoms with Crippen molar-refractivity contribution in [1.82, 2.24) is 0 Å². The lowest BCUT2D eigenvalue weighted by Crippen LogP contribution is -1.82. The molecule has 0 aromatic heterocycles. The van der Waals surface area contributed by atoms with E-state index in [0.717, 1.165) is 0 Å². The normalized spacial score (nSPS) is 9.26. The van der Waals surface area contributed by atoms with Gasteiger partial charge in [-0.1, -0.05) is 72.8 Å². The second-order valence-corrected chi connectivity index (χ2v) is 5.19. The Morgan fingerprint density at radius 3 is 0.947 bits per heavy atom. The lowest BCUT2D eigenvalue weighted by Gasteiger charge is -1.90. The first kappa shape index (κ1) is 13.4. The van der Waals surface area contributed by atoms with Crippen LogP contribution in [0.5, 0.6) is 0 Å². The number of hydrogen-bond acceptors (Lipinski definition) is 0. The maximum Gasteiger partial charge on any atom is 0.158 e. The van der Waals surface area contributed by atoms with Crippen LogP contribution in [0.2, 0.25) is 0 Å². The number of rotatable bonds is 2. The van der Waals surface area contributed by atoms with Crippen LogP contribution in [0.3, 0.4) is 0 Å². The fourth-order valence-electron chi connectivity index (χ4n) is 1.54. The average molecular weight is 265 g/mol. The summed E-state index contributed by atoms with van der Waals surface area (Å²) in [5.41, 5.74) is 0. The maximum absolute atomic E-state index is 2.15. The highest BCUT2D eigenvalue weighted by Crippen LogP contribution is 2.10. The fourth-order valence-corrected chi connectivity index (χ4v) is 2.48. The van der Waals surface area contributed by atoms with Gasteiger partial charge in [0.1, 0.15) is 0 Å². The number of benzene rings is 3. The van der Waals surface area contributed by atoms with Crippen molar-refractivity contribution in [3.8, 4) is 0 Å². The molecule has 0 amide bonds. The molecule has 94 valence electrons. The molecule has 3 aromatic rings. The van der Waals surface area contributed by atoms with E-state index in [9.17, 15) is 0 Å². The molecule has 1 heteroatoms. The Labute approximate surface area is 119 Å². The number of thiol groups is 1. The minimum atomic E-state index is 1.28. The zero-order chi connectivity index (χ0) is 13.2. The molecule has 0 bridgehead atoms. The van der Waals surface area contributed by atoms with E-state index in [-0.39, 0.29) is 0 Å². The van der Waals surface area contributed by atoms with Crippen LogP contribution in [0.25, 0.3) is 0 Å². The second-order valence-electron chi connectivity index (χ2n) is 3.94. The zero-order valence-corrected chi connectivity index (χ0v) is 11.6. The zero-order valence-electron chi connectivity index (χ0n) is 10.7. The summed E-state index contributed by atoms with van der Waals surface area (Å²) in [6, 6.07) is 33.0. The molecule has 19 heavy (non-hydrogen) atoms. The van der Waals surface area contributed by atoms with E-state index in [2.05, 4.69) is 48.5 Å². The quantitative estimate of drug-likeness (QED) is 0.469. The van der Waals surface area contributed by atoms with Crippen LogP contribution in [0, 0.1) is 0 Å². The monoisotopic (exact) mass is 265 g/mol. The largest absolute Gasteiger partial charge is 0.158 e. The van der Waals surface area contributed by atoms with E-state index in [1.165, 1.54) is 21.6 Å². The molecule has 0 fully saturated rings. The Balaban J connectivity index is 0.000000186. The molecule has 0 spiro atoms. The summed E-state index contributed by atoms with van der Waals surface area (Å²) in [7, 11) is 0. The Hall–Kier alpha value is -1.99. The molecule has 0 radical (unpaired) electrons. The highest BCUT2D eigenvalue weighted by Gasteiger charge is 2.03. The molecular weight excluding hydrogens is 248 g/mol. The van der Waals surface area contributed by atoms with E-state index < -0.39 is 0 Å². The summed E-state index contributed by atoms with van der Waals surface area (Å²) in [6.45, 7) is 0. The van der Waals surface area contributed by atoms with E-state index in [1.807, 2.05) is 48.5 Å². The maximum atomic E-state index is 2.15. The molecule has 3 rings (SSSR count). The van der Waals surface area contributed by atoms with Crippen LogP contribution in [-0.2, 0) is 11.8 Å². The fraction of sp³-hybridized carbons (Fsp3) is 0. The highest BCUT2D eigenvalue weighted by molar-refractivity contribution is 7.78. The summed E-state index contributed by atoms with van der Waals surface area (Å²) < 4.78 is 0. The Morgan fingerprint density at radius 1 is 0.368 bits per heavy atom. The van der Waals surface area contributed by atoms with Crippen molar-refractivity contribution in [2.45, 2.75) is 9.79 Å². The van der Waals surface area contributed by atoms with Gasteiger partial charge in [0.25, 0.3) is 0 Å². The minimum absolute atomic E-state index is 1.28. The molecule has 0 heterocycles. The van der Waals surface area contributed by atoms with E-state index in [1.54, 1.807) is 0 Å². The van der Waals surface area contributed by atoms with Crippen LogP contribution < -0.4 is 0 Å². The van der Waals surface area contributed by atoms with E-state index >= 15 is 0 Å². The van der Waals surface area contributed by atoms with Gasteiger partial charge >= 0.3 is 0 Å². The van der Waals surface area contributed by atoms with Gasteiger partial charge in [0.05, 0.1) is 0 Å². The van der Waals surface area contributed by atoms with Crippen molar-refractivity contribution < 1.29 is 0 Å². The Kier molecular flexibility index (Phi) is 5.78. The molecule has 0 saturated carbocycles. The molecule has 0 aliphatic carbocycles. The van der Waals surface area contributed by atoms with Crippen LogP contribution >= 0.6 is 0 Å². The molecular formula is C18H17S+. The molecule has 0 unspecified atom stereocenters. The molecule has 0 aliphatic heterocycles. The van der Waals surface area contributed by atoms with Gasteiger partial charge in [-0.15, -0.1) is 0 Å². The van der Waals surface area contributed by atoms with E-state index in [0.29, 0.717) is 0 Å². The summed E-state index contributed by atoms with van der Waals surface area (Å²) in [5.74, 6) is 0. The van der Waals surface area contributed by atoms with Gasteiger partial charge in [-0.25, -0.2) is 0 Å². The van der Waals surface area contributed by atoms with Gasteiger partial charge in [0.15, 0.2) is 9.79 Å². The topological polar surface area (TPSA) is 0 Å². The summed E-state index contributed by atoms with van der Waals surface area (Å²) in [5, 5.41) is 0. The van der Waals surface area contributed by atoms with Crippen molar-refractivity contribution in [3.63, 3.8) is 0 Å². The molecule has 3 aromatic carbocycles. The first-order valence-corrected chi connectivity index (χ1v) is 7.16. The lowest BCUT2D eigenvalue weighted by atomic mass is 10.4. The molecule has 0 N–H and O–H groups in total. The summed E-state index contributed by atoms with van der Waals surface area (Å²) in [4.78, 5) is 2.68. The third-order valence-electron chi connectivity index (χ3n) is 2.44. The Morgan fingerprint density at radius 2 is 0.632 bits per heavy atom. The smallest absolute Gasteiger partial charge is 0.0623 e. The second kappa shape index (κ2) is 8.17. The van der Waals surface area contributed by atoms with Crippen LogP contribution in [0.15, 0.2) is 107 Å². The molecule has 0 atom stereocenters. The number of hydrogen-bond donors (Lipinski definition) is 0. The van der Waals surface area contributed by atoms with Crippen molar-refractivity contribution >= 4 is 11.8 Å². The highest BCUT2D eigenvalue weighted by atomic mass is 32.2. The molecule has 0 saturated heterocycles. The average Bonchev–Trinajstić information content (AvgIpc) is 2.52. The van der Waals surface area contributed by atoms with Gasteiger partial charge in [-0.2, -0.15) is 0 Å². The minimum Gasteiger partial charge on any atom is -0.0623 e. The summed E-state index contributed by atoms with van der Waals surface area (Å²) in [6.07, 6.45) is 0. The van der Waals surface area contributed by atoms with Crippen LogP contribution in [0.4, 0.5) is 0 Å². The van der Waals surface area contributed by atoms with E-state index in [4.69, 9.17) is 0 Å². The third-order valence-corrected chi connectivity index (χ3v) is 3.55. The van der Waals surface area contributed by atoms with Crippen molar-refractivity contribution in [2.75, 3.05) is 0 Å². The van der Waals surface area contributed by atoms with Crippen LogP contribution in [-0.4, -0.2) is 0 Å². The van der Waals surface area contributed by atoms with Crippen molar-refractivity contribution in [3.05, 3.63) is 97.1 Å². The van der Waals surface area contributed by atoms with Gasteiger partial charge in [0, 0.05) is 11.8 Å². The van der Waals surface area contributed by atoms with Crippen molar-refractivity contribution in [2.24, 2.45) is 0 Å². The first-order chi connectivity index (χ1) is 9.45. The predicted molar refractivity (Wildman–Crippen MR) is 84.6 cm³/mol. The lowest BCUT2D eigenvalue weighted by molar-refractivity contribution is 1.40. The SMILES string of the molecule is c1ccc([SH+]c2ccccc2)cc1.c1ccccc1. The van der Waals surface area contributed by atoms with Gasteiger partial charge in [0.2, 0.25) is 0 Å². The molecule has 0 nitrogen and oxygen atoms in total. The first-order valence-electron chi connectivity index (χ1n) is 6.27. The standard InChI is InChI=1S/C12H10S.C6H6/c1-3-7-11(8-4-1)13-12-9-5-2-6-10-12;1-2-4-6-5-3-1/h1-10H;1-6H/p+1. The Bertz CT molecular complexity index is 483. The summed E-state index contributed by atoms with van der Waals surface area (Å²) >= 11 is 1.28. The van der Waals surface area contributed by atoms with Gasteiger partial charge < -0.3 is 0 Å². The van der Waals surface area contributed by atoms with Crippen LogP contribution in [0.1, 0.15) is 0 Å².